The first-order valence-electron chi connectivity index (χ1n) is 8.20. The van der Waals surface area contributed by atoms with Crippen molar-refractivity contribution >= 4 is 0 Å². The Morgan fingerprint density at radius 3 is 2.67 bits per heavy atom. The Balaban J connectivity index is 1.76. The molecular formula is C18H25FO2. The van der Waals surface area contributed by atoms with E-state index in [-0.39, 0.29) is 11.7 Å². The van der Waals surface area contributed by atoms with Gasteiger partial charge >= 0.3 is 0 Å². The molecule has 0 bridgehead atoms. The maximum atomic E-state index is 13.5. The smallest absolute Gasteiger partial charge is 0.124 e. The van der Waals surface area contributed by atoms with Crippen LogP contribution < -0.4 is 4.74 Å². The molecule has 0 spiro atoms. The van der Waals surface area contributed by atoms with Gasteiger partial charge < -0.3 is 9.84 Å². The van der Waals surface area contributed by atoms with Gasteiger partial charge in [0.2, 0.25) is 0 Å². The zero-order valence-corrected chi connectivity index (χ0v) is 12.7. The maximum absolute atomic E-state index is 13.5. The summed E-state index contributed by atoms with van der Waals surface area (Å²) in [7, 11) is 1.57. The molecule has 3 heteroatoms. The molecule has 0 radical (unpaired) electrons. The molecule has 0 amide bonds. The van der Waals surface area contributed by atoms with E-state index in [4.69, 9.17) is 4.74 Å². The number of ether oxygens (including phenoxy) is 1. The lowest BCUT2D eigenvalue weighted by molar-refractivity contribution is 0.0335. The van der Waals surface area contributed by atoms with E-state index in [0.717, 1.165) is 24.7 Å². The van der Waals surface area contributed by atoms with E-state index in [1.807, 2.05) is 0 Å². The van der Waals surface area contributed by atoms with Crippen molar-refractivity contribution in [1.29, 1.82) is 0 Å². The van der Waals surface area contributed by atoms with Gasteiger partial charge in [-0.05, 0) is 55.2 Å². The molecule has 2 nitrogen and oxygen atoms in total. The van der Waals surface area contributed by atoms with Crippen LogP contribution >= 0.6 is 0 Å². The highest BCUT2D eigenvalue weighted by Gasteiger charge is 2.36. The van der Waals surface area contributed by atoms with Gasteiger partial charge in [-0.3, -0.25) is 0 Å². The largest absolute Gasteiger partial charge is 0.496 e. The highest BCUT2D eigenvalue weighted by molar-refractivity contribution is 5.36. The monoisotopic (exact) mass is 292 g/mol. The fraction of sp³-hybridized carbons (Fsp3) is 0.667. The van der Waals surface area contributed by atoms with Crippen molar-refractivity contribution in [3.63, 3.8) is 0 Å². The minimum atomic E-state index is -0.612. The Bertz CT molecular complexity index is 488. The molecule has 2 saturated carbocycles. The fourth-order valence-electron chi connectivity index (χ4n) is 4.39. The minimum absolute atomic E-state index is 0.236. The number of methoxy groups -OCH3 is 1. The van der Waals surface area contributed by atoms with Gasteiger partial charge in [-0.15, -0.1) is 0 Å². The van der Waals surface area contributed by atoms with Crippen LogP contribution in [0.15, 0.2) is 18.2 Å². The number of halogens is 1. The summed E-state index contributed by atoms with van der Waals surface area (Å²) in [4.78, 5) is 0. The quantitative estimate of drug-likeness (QED) is 0.890. The van der Waals surface area contributed by atoms with E-state index < -0.39 is 6.10 Å². The van der Waals surface area contributed by atoms with Gasteiger partial charge in [-0.2, -0.15) is 0 Å². The molecule has 1 aromatic carbocycles. The topological polar surface area (TPSA) is 29.5 Å². The third kappa shape index (κ3) is 3.08. The predicted molar refractivity (Wildman–Crippen MR) is 80.7 cm³/mol. The number of hydrogen-bond donors (Lipinski definition) is 1. The van der Waals surface area contributed by atoms with Crippen molar-refractivity contribution in [2.75, 3.05) is 7.11 Å². The van der Waals surface area contributed by atoms with E-state index in [1.54, 1.807) is 13.2 Å². The average molecular weight is 292 g/mol. The summed E-state index contributed by atoms with van der Waals surface area (Å²) < 4.78 is 18.8. The number of aliphatic hydroxyl groups is 1. The zero-order valence-electron chi connectivity index (χ0n) is 12.7. The van der Waals surface area contributed by atoms with Gasteiger partial charge in [0, 0.05) is 5.56 Å². The third-order valence-electron chi connectivity index (χ3n) is 5.54. The van der Waals surface area contributed by atoms with Gasteiger partial charge in [0.15, 0.2) is 0 Å². The Morgan fingerprint density at radius 1 is 1.14 bits per heavy atom. The molecule has 0 aliphatic heterocycles. The van der Waals surface area contributed by atoms with Crippen molar-refractivity contribution in [2.24, 2.45) is 17.8 Å². The summed E-state index contributed by atoms with van der Waals surface area (Å²) >= 11 is 0. The normalized spacial score (nSPS) is 30.5. The first kappa shape index (κ1) is 14.8. The van der Waals surface area contributed by atoms with Crippen LogP contribution in [0.4, 0.5) is 4.39 Å². The minimum Gasteiger partial charge on any atom is -0.496 e. The predicted octanol–water partition coefficient (Wildman–Crippen LogP) is 4.47. The number of aliphatic hydroxyl groups excluding tert-OH is 1. The summed E-state index contributed by atoms with van der Waals surface area (Å²) in [5.74, 6) is 2.13. The average Bonchev–Trinajstić information content (AvgIpc) is 2.53. The second-order valence-electron chi connectivity index (χ2n) is 6.71. The molecular weight excluding hydrogens is 267 g/mol. The van der Waals surface area contributed by atoms with Gasteiger partial charge in [0.25, 0.3) is 0 Å². The molecule has 21 heavy (non-hydrogen) atoms. The number of benzene rings is 1. The SMILES string of the molecule is COc1ccc(F)cc1C(O)C1CCC2CCCCC2C1. The molecule has 1 aromatic rings. The van der Waals surface area contributed by atoms with Crippen LogP contribution in [0.25, 0.3) is 0 Å². The van der Waals surface area contributed by atoms with Crippen LogP contribution in [0.2, 0.25) is 0 Å². The molecule has 3 rings (SSSR count). The van der Waals surface area contributed by atoms with Crippen LogP contribution in [-0.4, -0.2) is 12.2 Å². The standard InChI is InChI=1S/C18H25FO2/c1-21-17-9-8-15(19)11-16(17)18(20)14-7-6-12-4-2-3-5-13(12)10-14/h8-9,11-14,18,20H,2-7,10H2,1H3. The Hall–Kier alpha value is -1.09. The molecule has 0 aromatic heterocycles. The van der Waals surface area contributed by atoms with Crippen LogP contribution in [0, 0.1) is 23.6 Å². The number of fused-ring (bicyclic) bond motifs is 1. The molecule has 2 fully saturated rings. The molecule has 0 heterocycles. The lowest BCUT2D eigenvalue weighted by atomic mass is 9.66. The van der Waals surface area contributed by atoms with Crippen LogP contribution in [0.1, 0.15) is 56.6 Å². The van der Waals surface area contributed by atoms with Gasteiger partial charge in [-0.1, -0.05) is 25.7 Å². The second kappa shape index (κ2) is 6.35. The molecule has 1 N–H and O–H groups in total. The summed E-state index contributed by atoms with van der Waals surface area (Å²) in [6.45, 7) is 0. The van der Waals surface area contributed by atoms with E-state index in [9.17, 15) is 9.50 Å². The van der Waals surface area contributed by atoms with Gasteiger partial charge in [0.05, 0.1) is 13.2 Å². The number of hydrogen-bond acceptors (Lipinski definition) is 2. The summed E-state index contributed by atoms with van der Waals surface area (Å²) in [5.41, 5.74) is 0.608. The fourth-order valence-corrected chi connectivity index (χ4v) is 4.39. The lowest BCUT2D eigenvalue weighted by Gasteiger charge is -2.41. The summed E-state index contributed by atoms with van der Waals surface area (Å²) in [6, 6.07) is 4.42. The molecule has 2 aliphatic rings. The van der Waals surface area contributed by atoms with E-state index >= 15 is 0 Å². The molecule has 4 unspecified atom stereocenters. The van der Waals surface area contributed by atoms with Crippen LogP contribution in [-0.2, 0) is 0 Å². The molecule has 0 saturated heterocycles. The molecule has 116 valence electrons. The summed E-state index contributed by atoms with van der Waals surface area (Å²) in [6.07, 6.45) is 8.07. The Morgan fingerprint density at radius 2 is 1.90 bits per heavy atom. The van der Waals surface area contributed by atoms with Gasteiger partial charge in [0.1, 0.15) is 11.6 Å². The second-order valence-corrected chi connectivity index (χ2v) is 6.71. The Labute approximate surface area is 126 Å². The van der Waals surface area contributed by atoms with Crippen LogP contribution in [0.5, 0.6) is 5.75 Å². The summed E-state index contributed by atoms with van der Waals surface area (Å²) in [5, 5.41) is 10.7. The highest BCUT2D eigenvalue weighted by atomic mass is 19.1. The zero-order chi connectivity index (χ0) is 14.8. The lowest BCUT2D eigenvalue weighted by Crippen LogP contribution is -2.30. The van der Waals surface area contributed by atoms with Crippen molar-refractivity contribution < 1.29 is 14.2 Å². The van der Waals surface area contributed by atoms with Crippen molar-refractivity contribution in [1.82, 2.24) is 0 Å². The number of rotatable bonds is 3. The first-order valence-corrected chi connectivity index (χ1v) is 8.20. The molecule has 2 aliphatic carbocycles. The van der Waals surface area contributed by atoms with Gasteiger partial charge in [-0.25, -0.2) is 4.39 Å². The first-order chi connectivity index (χ1) is 10.2. The van der Waals surface area contributed by atoms with Crippen molar-refractivity contribution in [2.45, 2.75) is 51.0 Å². The van der Waals surface area contributed by atoms with E-state index in [0.29, 0.717) is 11.3 Å². The maximum Gasteiger partial charge on any atom is 0.124 e. The third-order valence-corrected chi connectivity index (χ3v) is 5.54. The Kier molecular flexibility index (Phi) is 4.48. The van der Waals surface area contributed by atoms with Crippen LogP contribution in [0.3, 0.4) is 0 Å². The van der Waals surface area contributed by atoms with Crippen molar-refractivity contribution in [3.8, 4) is 5.75 Å². The van der Waals surface area contributed by atoms with Crippen molar-refractivity contribution in [3.05, 3.63) is 29.6 Å². The van der Waals surface area contributed by atoms with E-state index in [2.05, 4.69) is 0 Å². The van der Waals surface area contributed by atoms with E-state index in [1.165, 1.54) is 44.2 Å². The highest BCUT2D eigenvalue weighted by Crippen LogP contribution is 2.47. The molecule has 4 atom stereocenters.